The van der Waals surface area contributed by atoms with Crippen LogP contribution in [0, 0.1) is 23.7 Å². The third kappa shape index (κ3) is 2.84. The van der Waals surface area contributed by atoms with Gasteiger partial charge >= 0.3 is 5.97 Å². The molecular weight excluding hydrogens is 268 g/mol. The van der Waals surface area contributed by atoms with Gasteiger partial charge in [-0.3, -0.25) is 9.59 Å². The average molecular weight is 292 g/mol. The number of carbonyl (C=O) groups excluding carboxylic acids is 1. The Labute approximate surface area is 125 Å². The molecule has 3 rings (SSSR count). The van der Waals surface area contributed by atoms with E-state index in [4.69, 9.17) is 0 Å². The minimum atomic E-state index is -0.834. The molecule has 3 aliphatic rings. The molecule has 0 spiro atoms. The van der Waals surface area contributed by atoms with E-state index >= 15 is 0 Å². The van der Waals surface area contributed by atoms with Gasteiger partial charge in [0.15, 0.2) is 0 Å². The van der Waals surface area contributed by atoms with Crippen molar-refractivity contribution in [3.8, 4) is 0 Å². The van der Waals surface area contributed by atoms with Crippen molar-refractivity contribution in [3.05, 3.63) is 12.2 Å². The molecule has 1 aliphatic heterocycles. The van der Waals surface area contributed by atoms with E-state index in [-0.39, 0.29) is 23.8 Å². The average Bonchev–Trinajstić information content (AvgIpc) is 3.13. The van der Waals surface area contributed by atoms with Gasteiger partial charge in [-0.15, -0.1) is 0 Å². The summed E-state index contributed by atoms with van der Waals surface area (Å²) < 4.78 is 0. The van der Waals surface area contributed by atoms with Crippen LogP contribution in [0.4, 0.5) is 0 Å². The lowest BCUT2D eigenvalue weighted by molar-refractivity contribution is -0.148. The second-order valence-electron chi connectivity index (χ2n) is 6.76. The molecule has 1 amide bonds. The minimum absolute atomic E-state index is 0.0390. The minimum Gasteiger partial charge on any atom is -0.481 e. The van der Waals surface area contributed by atoms with Crippen molar-refractivity contribution in [2.45, 2.75) is 32.2 Å². The Morgan fingerprint density at radius 2 is 1.86 bits per heavy atom. The fourth-order valence-corrected chi connectivity index (χ4v) is 4.25. The van der Waals surface area contributed by atoms with Crippen molar-refractivity contribution >= 4 is 11.9 Å². The van der Waals surface area contributed by atoms with Crippen LogP contribution in [0.3, 0.4) is 0 Å². The summed E-state index contributed by atoms with van der Waals surface area (Å²) in [5, 5.41) is 12.4. The molecule has 1 saturated carbocycles. The summed E-state index contributed by atoms with van der Waals surface area (Å²) in [6.07, 6.45) is 7.29. The van der Waals surface area contributed by atoms with E-state index in [1.54, 1.807) is 0 Å². The largest absolute Gasteiger partial charge is 0.481 e. The van der Waals surface area contributed by atoms with Gasteiger partial charge in [0.05, 0.1) is 11.8 Å². The highest BCUT2D eigenvalue weighted by Crippen LogP contribution is 2.48. The quantitative estimate of drug-likeness (QED) is 0.745. The number of likely N-dealkylation sites (tertiary alicyclic amines) is 1. The topological polar surface area (TPSA) is 69.6 Å². The van der Waals surface area contributed by atoms with Crippen molar-refractivity contribution in [1.82, 2.24) is 10.2 Å². The fraction of sp³-hybridized carbons (Fsp3) is 0.750. The van der Waals surface area contributed by atoms with Gasteiger partial charge in [-0.2, -0.15) is 0 Å². The maximum Gasteiger partial charge on any atom is 0.307 e. The van der Waals surface area contributed by atoms with Crippen molar-refractivity contribution in [2.24, 2.45) is 23.7 Å². The SMILES string of the molecule is CC(CN1CCCC1)NC(=O)[C@H]1C2C=CC(C2)[C@H]1C(=O)O. The summed E-state index contributed by atoms with van der Waals surface area (Å²) in [6, 6.07) is 0.0770. The first-order chi connectivity index (χ1) is 10.1. The van der Waals surface area contributed by atoms with Crippen molar-refractivity contribution in [3.63, 3.8) is 0 Å². The van der Waals surface area contributed by atoms with Gasteiger partial charge in [-0.05, 0) is 51.1 Å². The van der Waals surface area contributed by atoms with E-state index in [0.717, 1.165) is 26.1 Å². The zero-order chi connectivity index (χ0) is 15.0. The van der Waals surface area contributed by atoms with Crippen LogP contribution < -0.4 is 5.32 Å². The smallest absolute Gasteiger partial charge is 0.307 e. The van der Waals surface area contributed by atoms with Crippen LogP contribution in [0.15, 0.2) is 12.2 Å². The Kier molecular flexibility index (Phi) is 4.02. The van der Waals surface area contributed by atoms with Crippen LogP contribution in [0.25, 0.3) is 0 Å². The van der Waals surface area contributed by atoms with Gasteiger partial charge < -0.3 is 15.3 Å². The molecule has 5 nitrogen and oxygen atoms in total. The number of hydrogen-bond donors (Lipinski definition) is 2. The molecule has 0 radical (unpaired) electrons. The molecule has 2 bridgehead atoms. The van der Waals surface area contributed by atoms with Crippen molar-refractivity contribution in [1.29, 1.82) is 0 Å². The highest BCUT2D eigenvalue weighted by atomic mass is 16.4. The van der Waals surface area contributed by atoms with Gasteiger partial charge in [-0.25, -0.2) is 0 Å². The highest BCUT2D eigenvalue weighted by Gasteiger charge is 2.51. The van der Waals surface area contributed by atoms with Crippen molar-refractivity contribution in [2.75, 3.05) is 19.6 Å². The van der Waals surface area contributed by atoms with E-state index in [9.17, 15) is 14.7 Å². The predicted octanol–water partition coefficient (Wildman–Crippen LogP) is 1.11. The Morgan fingerprint density at radius 1 is 1.24 bits per heavy atom. The maximum atomic E-state index is 12.5. The molecular formula is C16H24N2O3. The predicted molar refractivity (Wildman–Crippen MR) is 78.6 cm³/mol. The number of nitrogens with one attached hydrogen (secondary N) is 1. The summed E-state index contributed by atoms with van der Waals surface area (Å²) in [4.78, 5) is 26.3. The van der Waals surface area contributed by atoms with Crippen LogP contribution in [-0.4, -0.2) is 47.6 Å². The molecule has 1 heterocycles. The molecule has 0 aromatic carbocycles. The van der Waals surface area contributed by atoms with E-state index in [1.807, 2.05) is 19.1 Å². The third-order valence-corrected chi connectivity index (χ3v) is 5.17. The van der Waals surface area contributed by atoms with Gasteiger partial charge in [-0.1, -0.05) is 12.2 Å². The molecule has 5 atom stereocenters. The van der Waals surface area contributed by atoms with E-state index in [1.165, 1.54) is 12.8 Å². The Hall–Kier alpha value is -1.36. The van der Waals surface area contributed by atoms with Crippen LogP contribution in [-0.2, 0) is 9.59 Å². The summed E-state index contributed by atoms with van der Waals surface area (Å²) in [5.41, 5.74) is 0. The van der Waals surface area contributed by atoms with Crippen LogP contribution in [0.5, 0.6) is 0 Å². The van der Waals surface area contributed by atoms with Crippen LogP contribution >= 0.6 is 0 Å². The molecule has 116 valence electrons. The van der Waals surface area contributed by atoms with Crippen LogP contribution in [0.2, 0.25) is 0 Å². The number of rotatable bonds is 5. The number of amides is 1. The molecule has 0 aromatic rings. The summed E-state index contributed by atoms with van der Waals surface area (Å²) in [5.74, 6) is -1.70. The second-order valence-corrected chi connectivity index (χ2v) is 6.76. The Morgan fingerprint density at radius 3 is 2.48 bits per heavy atom. The number of allylic oxidation sites excluding steroid dienone is 2. The summed E-state index contributed by atoms with van der Waals surface area (Å²) >= 11 is 0. The van der Waals surface area contributed by atoms with E-state index in [2.05, 4.69) is 10.2 Å². The molecule has 21 heavy (non-hydrogen) atoms. The Bertz CT molecular complexity index is 456. The summed E-state index contributed by atoms with van der Waals surface area (Å²) in [7, 11) is 0. The zero-order valence-electron chi connectivity index (χ0n) is 12.5. The number of nitrogens with zero attached hydrogens (tertiary/aromatic N) is 1. The molecule has 1 saturated heterocycles. The number of hydrogen-bond acceptors (Lipinski definition) is 3. The van der Waals surface area contributed by atoms with E-state index < -0.39 is 17.8 Å². The second kappa shape index (κ2) is 5.79. The number of carbonyl (C=O) groups is 2. The van der Waals surface area contributed by atoms with Crippen LogP contribution in [0.1, 0.15) is 26.2 Å². The Balaban J connectivity index is 1.59. The standard InChI is InChI=1S/C16H24N2O3/c1-10(9-18-6-2-3-7-18)17-15(19)13-11-4-5-12(8-11)14(13)16(20)21/h4-5,10-14H,2-3,6-9H2,1H3,(H,17,19)(H,20,21)/t10?,11?,12?,13-,14+/m0/s1. The summed E-state index contributed by atoms with van der Waals surface area (Å²) in [6.45, 7) is 5.08. The first-order valence-electron chi connectivity index (χ1n) is 8.00. The fourth-order valence-electron chi connectivity index (χ4n) is 4.25. The molecule has 3 unspecified atom stereocenters. The number of aliphatic carboxylic acids is 1. The van der Waals surface area contributed by atoms with Gasteiger partial charge in [0, 0.05) is 12.6 Å². The lowest BCUT2D eigenvalue weighted by atomic mass is 9.82. The highest BCUT2D eigenvalue weighted by molar-refractivity contribution is 5.87. The normalized spacial score (nSPS) is 36.0. The monoisotopic (exact) mass is 292 g/mol. The lowest BCUT2D eigenvalue weighted by Crippen LogP contribution is -2.47. The number of fused-ring (bicyclic) bond motifs is 2. The molecule has 5 heteroatoms. The van der Waals surface area contributed by atoms with Crippen molar-refractivity contribution < 1.29 is 14.7 Å². The first-order valence-corrected chi connectivity index (χ1v) is 8.00. The van der Waals surface area contributed by atoms with E-state index in [0.29, 0.717) is 0 Å². The molecule has 0 aromatic heterocycles. The first kappa shape index (κ1) is 14.6. The lowest BCUT2D eigenvalue weighted by Gasteiger charge is -2.27. The maximum absolute atomic E-state index is 12.5. The molecule has 2 aliphatic carbocycles. The molecule has 2 N–H and O–H groups in total. The van der Waals surface area contributed by atoms with Gasteiger partial charge in [0.2, 0.25) is 5.91 Å². The van der Waals surface area contributed by atoms with Gasteiger partial charge in [0.1, 0.15) is 0 Å². The molecule has 2 fully saturated rings. The zero-order valence-corrected chi connectivity index (χ0v) is 12.5. The number of carboxylic acid groups (broad SMARTS) is 1. The van der Waals surface area contributed by atoms with Gasteiger partial charge in [0.25, 0.3) is 0 Å². The third-order valence-electron chi connectivity index (χ3n) is 5.17. The number of carboxylic acids is 1.